The summed E-state index contributed by atoms with van der Waals surface area (Å²) in [6.07, 6.45) is 0. The van der Waals surface area contributed by atoms with Gasteiger partial charge >= 0.3 is 5.97 Å². The van der Waals surface area contributed by atoms with Crippen LogP contribution in [0.25, 0.3) is 0 Å². The molecule has 0 saturated carbocycles. The molecule has 0 spiro atoms. The van der Waals surface area contributed by atoms with Crippen LogP contribution in [0.4, 0.5) is 5.69 Å². The molecule has 0 bridgehead atoms. The summed E-state index contributed by atoms with van der Waals surface area (Å²) in [6, 6.07) is 13.4. The lowest BCUT2D eigenvalue weighted by atomic mass is 10.1. The van der Waals surface area contributed by atoms with E-state index in [4.69, 9.17) is 35.9 Å². The van der Waals surface area contributed by atoms with Gasteiger partial charge < -0.3 is 24.2 Å². The number of halogens is 1. The molecule has 0 aliphatic carbocycles. The van der Waals surface area contributed by atoms with Crippen molar-refractivity contribution in [3.8, 4) is 11.5 Å². The van der Waals surface area contributed by atoms with Crippen molar-refractivity contribution >= 4 is 29.1 Å². The molecule has 0 atom stereocenters. The van der Waals surface area contributed by atoms with Gasteiger partial charge in [-0.2, -0.15) is 0 Å². The van der Waals surface area contributed by atoms with E-state index in [2.05, 4.69) is 9.80 Å². The SMILES string of the molecule is O=C(O)COCCOCCN1CCN(C2=Nc3ccccc3Oc3ccc(Cl)cc32)CC1. The molecule has 170 valence electrons. The first-order valence-electron chi connectivity index (χ1n) is 10.6. The Bertz CT molecular complexity index is 976. The molecule has 0 unspecified atom stereocenters. The summed E-state index contributed by atoms with van der Waals surface area (Å²) in [4.78, 5) is 20.0. The van der Waals surface area contributed by atoms with Gasteiger partial charge in [0.1, 0.15) is 23.9 Å². The van der Waals surface area contributed by atoms with Gasteiger partial charge in [0.05, 0.1) is 25.4 Å². The Hall–Kier alpha value is -2.65. The Morgan fingerprint density at radius 3 is 2.62 bits per heavy atom. The van der Waals surface area contributed by atoms with Crippen molar-refractivity contribution in [2.75, 3.05) is 59.2 Å². The average molecular weight is 460 g/mol. The number of hydrogen-bond acceptors (Lipinski definition) is 7. The minimum absolute atomic E-state index is 0.283. The van der Waals surface area contributed by atoms with E-state index in [0.29, 0.717) is 18.2 Å². The third-order valence-corrected chi connectivity index (χ3v) is 5.55. The van der Waals surface area contributed by atoms with E-state index >= 15 is 0 Å². The third kappa shape index (κ3) is 5.77. The van der Waals surface area contributed by atoms with Crippen molar-refractivity contribution in [1.29, 1.82) is 0 Å². The summed E-state index contributed by atoms with van der Waals surface area (Å²) in [5, 5.41) is 9.18. The topological polar surface area (TPSA) is 83.8 Å². The zero-order valence-electron chi connectivity index (χ0n) is 17.7. The van der Waals surface area contributed by atoms with Crippen LogP contribution in [0.15, 0.2) is 47.5 Å². The van der Waals surface area contributed by atoms with Crippen LogP contribution in [0.3, 0.4) is 0 Å². The highest BCUT2D eigenvalue weighted by molar-refractivity contribution is 6.31. The van der Waals surface area contributed by atoms with Crippen LogP contribution in [0.5, 0.6) is 11.5 Å². The van der Waals surface area contributed by atoms with Crippen LogP contribution in [-0.2, 0) is 14.3 Å². The quantitative estimate of drug-likeness (QED) is 0.606. The molecule has 2 aromatic carbocycles. The molecule has 0 radical (unpaired) electrons. The van der Waals surface area contributed by atoms with Crippen molar-refractivity contribution in [1.82, 2.24) is 9.80 Å². The molecule has 2 heterocycles. The van der Waals surface area contributed by atoms with Crippen molar-refractivity contribution in [2.24, 2.45) is 4.99 Å². The molecular formula is C23H26ClN3O5. The Kier molecular flexibility index (Phi) is 7.59. The number of ether oxygens (including phenoxy) is 3. The molecule has 8 nitrogen and oxygen atoms in total. The van der Waals surface area contributed by atoms with E-state index in [1.165, 1.54) is 0 Å². The van der Waals surface area contributed by atoms with Gasteiger partial charge in [-0.05, 0) is 30.3 Å². The molecular weight excluding hydrogens is 434 g/mol. The highest BCUT2D eigenvalue weighted by atomic mass is 35.5. The maximum absolute atomic E-state index is 10.4. The zero-order chi connectivity index (χ0) is 22.3. The first-order chi connectivity index (χ1) is 15.6. The van der Waals surface area contributed by atoms with Gasteiger partial charge in [-0.15, -0.1) is 0 Å². The molecule has 2 aliphatic rings. The molecule has 0 aromatic heterocycles. The number of hydrogen-bond donors (Lipinski definition) is 1. The third-order valence-electron chi connectivity index (χ3n) is 5.32. The van der Waals surface area contributed by atoms with E-state index in [-0.39, 0.29) is 13.2 Å². The fourth-order valence-corrected chi connectivity index (χ4v) is 3.86. The molecule has 1 saturated heterocycles. The second kappa shape index (κ2) is 10.8. The van der Waals surface area contributed by atoms with E-state index in [1.807, 2.05) is 42.5 Å². The largest absolute Gasteiger partial charge is 0.480 e. The summed E-state index contributed by atoms with van der Waals surface area (Å²) >= 11 is 6.30. The van der Waals surface area contributed by atoms with Crippen molar-refractivity contribution in [2.45, 2.75) is 0 Å². The number of para-hydroxylation sites is 2. The van der Waals surface area contributed by atoms with Crippen molar-refractivity contribution < 1.29 is 24.1 Å². The number of rotatable bonds is 8. The van der Waals surface area contributed by atoms with Crippen LogP contribution >= 0.6 is 11.6 Å². The van der Waals surface area contributed by atoms with Gasteiger partial charge in [0, 0.05) is 37.7 Å². The molecule has 2 aromatic rings. The molecule has 32 heavy (non-hydrogen) atoms. The lowest BCUT2D eigenvalue weighted by Gasteiger charge is -2.36. The Labute approximate surface area is 192 Å². The molecule has 0 amide bonds. The number of benzene rings is 2. The number of nitrogens with zero attached hydrogens (tertiary/aromatic N) is 3. The lowest BCUT2D eigenvalue weighted by molar-refractivity contribution is -0.142. The highest BCUT2D eigenvalue weighted by Crippen LogP contribution is 2.38. The zero-order valence-corrected chi connectivity index (χ0v) is 18.5. The molecule has 2 aliphatic heterocycles. The molecule has 4 rings (SSSR count). The maximum atomic E-state index is 10.4. The molecule has 1 N–H and O–H groups in total. The summed E-state index contributed by atoms with van der Waals surface area (Å²) in [5.74, 6) is 1.38. The van der Waals surface area contributed by atoms with Crippen LogP contribution < -0.4 is 4.74 Å². The van der Waals surface area contributed by atoms with E-state index in [9.17, 15) is 4.79 Å². The van der Waals surface area contributed by atoms with E-state index in [0.717, 1.165) is 61.3 Å². The number of carboxylic acid groups (broad SMARTS) is 1. The summed E-state index contributed by atoms with van der Waals surface area (Å²) in [6.45, 7) is 5.20. The predicted molar refractivity (Wildman–Crippen MR) is 121 cm³/mol. The highest BCUT2D eigenvalue weighted by Gasteiger charge is 2.26. The number of fused-ring (bicyclic) bond motifs is 2. The fraction of sp³-hybridized carbons (Fsp3) is 0.391. The van der Waals surface area contributed by atoms with Gasteiger partial charge in [0.2, 0.25) is 0 Å². The minimum atomic E-state index is -0.971. The second-order valence-electron chi connectivity index (χ2n) is 7.53. The average Bonchev–Trinajstić information content (AvgIpc) is 2.95. The Balaban J connectivity index is 1.34. The van der Waals surface area contributed by atoms with Crippen LogP contribution in [0.2, 0.25) is 5.02 Å². The number of carbonyl (C=O) groups is 1. The standard InChI is InChI=1S/C23H26ClN3O5/c24-17-5-6-20-18(15-17)23(25-19-3-1-2-4-21(19)32-20)27-9-7-26(8-10-27)11-12-30-13-14-31-16-22(28)29/h1-6,15H,7-14,16H2,(H,28,29). The summed E-state index contributed by atoms with van der Waals surface area (Å²) < 4.78 is 16.6. The fourth-order valence-electron chi connectivity index (χ4n) is 3.69. The second-order valence-corrected chi connectivity index (χ2v) is 7.97. The summed E-state index contributed by atoms with van der Waals surface area (Å²) in [7, 11) is 0. The minimum Gasteiger partial charge on any atom is -0.480 e. The van der Waals surface area contributed by atoms with Gasteiger partial charge in [-0.1, -0.05) is 23.7 Å². The Morgan fingerprint density at radius 1 is 1.03 bits per heavy atom. The number of piperazine rings is 1. The van der Waals surface area contributed by atoms with Crippen LogP contribution in [0.1, 0.15) is 5.56 Å². The molecule has 9 heteroatoms. The first-order valence-corrected chi connectivity index (χ1v) is 11.0. The van der Waals surface area contributed by atoms with Gasteiger partial charge in [-0.3, -0.25) is 4.90 Å². The number of aliphatic carboxylic acids is 1. The monoisotopic (exact) mass is 459 g/mol. The predicted octanol–water partition coefficient (Wildman–Crippen LogP) is 3.26. The first kappa shape index (κ1) is 22.5. The lowest BCUT2D eigenvalue weighted by Crippen LogP contribution is -2.49. The number of amidine groups is 1. The van der Waals surface area contributed by atoms with Crippen molar-refractivity contribution in [3.05, 3.63) is 53.1 Å². The smallest absolute Gasteiger partial charge is 0.329 e. The van der Waals surface area contributed by atoms with Gasteiger partial charge in [-0.25, -0.2) is 9.79 Å². The van der Waals surface area contributed by atoms with Crippen LogP contribution in [-0.4, -0.2) is 85.9 Å². The van der Waals surface area contributed by atoms with E-state index < -0.39 is 5.97 Å². The maximum Gasteiger partial charge on any atom is 0.329 e. The number of aliphatic imine (C=N–C) groups is 1. The van der Waals surface area contributed by atoms with Gasteiger partial charge in [0.25, 0.3) is 0 Å². The van der Waals surface area contributed by atoms with Gasteiger partial charge in [0.15, 0.2) is 5.75 Å². The van der Waals surface area contributed by atoms with Crippen LogP contribution in [0, 0.1) is 0 Å². The number of carboxylic acids is 1. The van der Waals surface area contributed by atoms with Crippen molar-refractivity contribution in [3.63, 3.8) is 0 Å². The van der Waals surface area contributed by atoms with E-state index in [1.54, 1.807) is 0 Å². The Morgan fingerprint density at radius 2 is 1.81 bits per heavy atom. The normalized spacial score (nSPS) is 15.9. The molecule has 1 fully saturated rings. The summed E-state index contributed by atoms with van der Waals surface area (Å²) in [5.41, 5.74) is 1.70.